The predicted octanol–water partition coefficient (Wildman–Crippen LogP) is 0.544. The van der Waals surface area contributed by atoms with E-state index in [1.807, 2.05) is 31.2 Å². The first-order valence-corrected chi connectivity index (χ1v) is 10.4. The van der Waals surface area contributed by atoms with Crippen molar-refractivity contribution in [3.05, 3.63) is 24.3 Å². The van der Waals surface area contributed by atoms with Crippen LogP contribution in [-0.2, 0) is 14.6 Å². The average Bonchev–Trinajstić information content (AvgIpc) is 3.22. The van der Waals surface area contributed by atoms with E-state index < -0.39 is 27.0 Å². The predicted molar refractivity (Wildman–Crippen MR) is 96.6 cm³/mol. The van der Waals surface area contributed by atoms with Gasteiger partial charge in [-0.15, -0.1) is 0 Å². The van der Waals surface area contributed by atoms with Gasteiger partial charge in [-0.05, 0) is 37.6 Å². The number of hydrogen-bond donors (Lipinski definition) is 1. The summed E-state index contributed by atoms with van der Waals surface area (Å²) in [6.07, 6.45) is 0.711. The molecule has 0 saturated carbocycles. The zero-order valence-corrected chi connectivity index (χ0v) is 15.5. The summed E-state index contributed by atoms with van der Waals surface area (Å²) in [5.41, 5.74) is 3.68. The van der Waals surface area contributed by atoms with Crippen molar-refractivity contribution in [3.63, 3.8) is 0 Å². The van der Waals surface area contributed by atoms with E-state index in [9.17, 15) is 17.6 Å². The molecule has 2 saturated heterocycles. The zero-order valence-electron chi connectivity index (χ0n) is 14.7. The minimum atomic E-state index is -4.15. The molecule has 7 nitrogen and oxygen atoms in total. The Hall–Kier alpha value is -1.87. The Labute approximate surface area is 152 Å². The lowest BCUT2D eigenvalue weighted by Gasteiger charge is -2.36. The zero-order chi connectivity index (χ0) is 18.9. The van der Waals surface area contributed by atoms with Crippen molar-refractivity contribution in [1.29, 1.82) is 0 Å². The molecule has 1 aromatic rings. The summed E-state index contributed by atoms with van der Waals surface area (Å²) < 4.78 is 43.2. The average molecular weight is 385 g/mol. The van der Waals surface area contributed by atoms with Gasteiger partial charge in [-0.1, -0.05) is 0 Å². The molecule has 2 aliphatic rings. The number of halogens is 1. The molecule has 2 N–H and O–H groups in total. The van der Waals surface area contributed by atoms with Crippen LogP contribution in [0.1, 0.15) is 13.3 Å². The second-order valence-corrected chi connectivity index (χ2v) is 8.73. The van der Waals surface area contributed by atoms with E-state index in [0.717, 1.165) is 11.4 Å². The van der Waals surface area contributed by atoms with Gasteiger partial charge in [0.1, 0.15) is 5.75 Å². The number of carbonyl (C=O) groups is 1. The molecule has 0 aromatic heterocycles. The fourth-order valence-corrected chi connectivity index (χ4v) is 4.68. The summed E-state index contributed by atoms with van der Waals surface area (Å²) in [4.78, 5) is 15.9. The summed E-state index contributed by atoms with van der Waals surface area (Å²) in [6, 6.07) is 7.59. The van der Waals surface area contributed by atoms with Gasteiger partial charge in [0.2, 0.25) is 0 Å². The lowest BCUT2D eigenvalue weighted by molar-refractivity contribution is -0.134. The first-order chi connectivity index (χ1) is 12.4. The molecule has 0 aliphatic carbocycles. The quantitative estimate of drug-likeness (QED) is 0.737. The van der Waals surface area contributed by atoms with Crippen LogP contribution in [0.2, 0.25) is 0 Å². The normalized spacial score (nSPS) is 23.3. The lowest BCUT2D eigenvalue weighted by Crippen LogP contribution is -2.52. The van der Waals surface area contributed by atoms with E-state index in [0.29, 0.717) is 26.1 Å². The van der Waals surface area contributed by atoms with Crippen LogP contribution < -0.4 is 15.4 Å². The minimum absolute atomic E-state index is 0.0614. The molecule has 3 rings (SSSR count). The third-order valence-corrected chi connectivity index (χ3v) is 6.55. The van der Waals surface area contributed by atoms with Crippen molar-refractivity contribution in [1.82, 2.24) is 4.90 Å². The van der Waals surface area contributed by atoms with Crippen LogP contribution in [0.5, 0.6) is 5.75 Å². The van der Waals surface area contributed by atoms with Crippen LogP contribution in [0.4, 0.5) is 10.1 Å². The lowest BCUT2D eigenvalue weighted by atomic mass is 10.2. The molecular formula is C17H24FN3O4S. The van der Waals surface area contributed by atoms with Crippen LogP contribution >= 0.6 is 0 Å². The fraction of sp³-hybridized carbons (Fsp3) is 0.588. The Morgan fingerprint density at radius 1 is 1.31 bits per heavy atom. The minimum Gasteiger partial charge on any atom is -0.494 e. The Morgan fingerprint density at radius 3 is 2.54 bits per heavy atom. The van der Waals surface area contributed by atoms with Crippen molar-refractivity contribution in [3.8, 4) is 5.75 Å². The number of likely N-dealkylation sites (tertiary alicyclic amines) is 1. The number of piperazine rings is 1. The number of carbonyl (C=O) groups excluding carboxylic acids is 1. The Balaban J connectivity index is 1.65. The molecule has 1 aromatic carbocycles. The van der Waals surface area contributed by atoms with Crippen LogP contribution in [0.25, 0.3) is 0 Å². The van der Waals surface area contributed by atoms with E-state index in [1.54, 1.807) is 0 Å². The fourth-order valence-electron chi connectivity index (χ4n) is 3.71. The van der Waals surface area contributed by atoms with Gasteiger partial charge in [0, 0.05) is 31.4 Å². The maximum absolute atomic E-state index is 14.2. The van der Waals surface area contributed by atoms with Crippen molar-refractivity contribution in [2.75, 3.05) is 36.9 Å². The number of alkyl halides is 1. The van der Waals surface area contributed by atoms with Gasteiger partial charge in [0.15, 0.2) is 9.84 Å². The van der Waals surface area contributed by atoms with Crippen LogP contribution in [0.15, 0.2) is 24.3 Å². The molecule has 144 valence electrons. The molecule has 1 amide bonds. The second-order valence-electron chi connectivity index (χ2n) is 6.58. The van der Waals surface area contributed by atoms with Crippen molar-refractivity contribution < 1.29 is 22.3 Å². The highest BCUT2D eigenvalue weighted by atomic mass is 32.2. The summed E-state index contributed by atoms with van der Waals surface area (Å²) in [6.45, 7) is 3.21. The number of benzene rings is 1. The Bertz CT molecular complexity index is 756. The number of hydrogen-bond acceptors (Lipinski definition) is 6. The van der Waals surface area contributed by atoms with Gasteiger partial charge in [-0.3, -0.25) is 4.79 Å². The third kappa shape index (κ3) is 3.50. The van der Waals surface area contributed by atoms with E-state index >= 15 is 0 Å². The SMILES string of the molecule is CCOc1ccc(N2C[C@@H]3C[C@H]2CN3C(=O)C(F)S(=O)(=O)CCN)cc1. The Morgan fingerprint density at radius 2 is 2.00 bits per heavy atom. The summed E-state index contributed by atoms with van der Waals surface area (Å²) in [5, 5.41) is 0. The van der Waals surface area contributed by atoms with Gasteiger partial charge >= 0.3 is 0 Å². The number of anilines is 1. The highest BCUT2D eigenvalue weighted by molar-refractivity contribution is 7.92. The molecule has 2 heterocycles. The largest absolute Gasteiger partial charge is 0.494 e. The Kier molecular flexibility index (Phi) is 5.38. The van der Waals surface area contributed by atoms with E-state index in [4.69, 9.17) is 10.5 Å². The summed E-state index contributed by atoms with van der Waals surface area (Å²) in [5.74, 6) is -0.694. The first-order valence-electron chi connectivity index (χ1n) is 8.73. The van der Waals surface area contributed by atoms with Crippen molar-refractivity contribution in [2.24, 2.45) is 5.73 Å². The van der Waals surface area contributed by atoms with Crippen molar-refractivity contribution in [2.45, 2.75) is 30.9 Å². The topological polar surface area (TPSA) is 92.9 Å². The van der Waals surface area contributed by atoms with Gasteiger partial charge in [0.05, 0.1) is 18.4 Å². The molecule has 2 bridgehead atoms. The summed E-state index contributed by atoms with van der Waals surface area (Å²) >= 11 is 0. The molecule has 3 atom stereocenters. The number of amides is 1. The number of sulfone groups is 1. The molecular weight excluding hydrogens is 361 g/mol. The highest BCUT2D eigenvalue weighted by Gasteiger charge is 2.48. The second kappa shape index (κ2) is 7.40. The van der Waals surface area contributed by atoms with E-state index in [1.165, 1.54) is 4.90 Å². The van der Waals surface area contributed by atoms with Gasteiger partial charge in [0.25, 0.3) is 11.4 Å². The smallest absolute Gasteiger partial charge is 0.278 e. The summed E-state index contributed by atoms with van der Waals surface area (Å²) in [7, 11) is -4.15. The van der Waals surface area contributed by atoms with Crippen LogP contribution in [-0.4, -0.2) is 68.8 Å². The van der Waals surface area contributed by atoms with Gasteiger partial charge < -0.3 is 20.3 Å². The van der Waals surface area contributed by atoms with Crippen molar-refractivity contribution >= 4 is 21.4 Å². The monoisotopic (exact) mass is 385 g/mol. The molecule has 9 heteroatoms. The molecule has 2 fully saturated rings. The van der Waals surface area contributed by atoms with E-state index in [2.05, 4.69) is 4.90 Å². The molecule has 0 spiro atoms. The van der Waals surface area contributed by atoms with Crippen LogP contribution in [0.3, 0.4) is 0 Å². The maximum Gasteiger partial charge on any atom is 0.278 e. The molecule has 26 heavy (non-hydrogen) atoms. The number of ether oxygens (including phenoxy) is 1. The third-order valence-electron chi connectivity index (χ3n) is 4.91. The van der Waals surface area contributed by atoms with E-state index in [-0.39, 0.29) is 18.6 Å². The number of fused-ring (bicyclic) bond motifs is 2. The standard InChI is InChI=1S/C17H24FN3O4S/c1-2-25-15-5-3-12(4-6-15)20-10-14-9-13(20)11-21(14)17(22)16(18)26(23,24)8-7-19/h3-6,13-14,16H,2,7-11,19H2,1H3/t13-,14-,16?/m0/s1. The van der Waals surface area contributed by atoms with Gasteiger partial charge in [-0.2, -0.15) is 0 Å². The molecule has 0 radical (unpaired) electrons. The number of rotatable bonds is 7. The van der Waals surface area contributed by atoms with Gasteiger partial charge in [-0.25, -0.2) is 12.8 Å². The molecule has 1 unspecified atom stereocenters. The van der Waals surface area contributed by atoms with Crippen LogP contribution in [0, 0.1) is 0 Å². The number of nitrogens with two attached hydrogens (primary N) is 1. The number of nitrogens with zero attached hydrogens (tertiary/aromatic N) is 2. The molecule has 2 aliphatic heterocycles. The first kappa shape index (κ1) is 18.9. The maximum atomic E-state index is 14.2. The highest BCUT2D eigenvalue weighted by Crippen LogP contribution is 2.36.